The van der Waals surface area contributed by atoms with E-state index in [1.807, 2.05) is 24.3 Å². The highest BCUT2D eigenvalue weighted by Crippen LogP contribution is 2.36. The average molecular weight is 449 g/mol. The molecule has 0 spiro atoms. The molecule has 4 rings (SSSR count). The molecular formula is C22H25ClN2O4S. The lowest BCUT2D eigenvalue weighted by Crippen LogP contribution is -2.50. The van der Waals surface area contributed by atoms with Gasteiger partial charge < -0.3 is 4.74 Å². The predicted octanol–water partition coefficient (Wildman–Crippen LogP) is 4.60. The van der Waals surface area contributed by atoms with Crippen LogP contribution in [0.2, 0.25) is 5.02 Å². The number of nitrogens with zero attached hydrogens (tertiary/aromatic N) is 2. The summed E-state index contributed by atoms with van der Waals surface area (Å²) in [5.41, 5.74) is 2.68. The minimum atomic E-state index is -3.55. The minimum absolute atomic E-state index is 0.131. The Kier molecular flexibility index (Phi) is 6.04. The zero-order valence-electron chi connectivity index (χ0n) is 16.9. The van der Waals surface area contributed by atoms with Gasteiger partial charge in [-0.3, -0.25) is 4.90 Å². The molecule has 0 unspecified atom stereocenters. The van der Waals surface area contributed by atoms with E-state index < -0.39 is 16.1 Å². The summed E-state index contributed by atoms with van der Waals surface area (Å²) in [4.78, 5) is 14.4. The molecule has 0 N–H and O–H groups in total. The van der Waals surface area contributed by atoms with Crippen LogP contribution in [-0.4, -0.2) is 37.9 Å². The molecule has 2 aliphatic heterocycles. The van der Waals surface area contributed by atoms with Gasteiger partial charge in [-0.15, -0.1) is 0 Å². The van der Waals surface area contributed by atoms with Gasteiger partial charge in [0.05, 0.1) is 10.6 Å². The van der Waals surface area contributed by atoms with Gasteiger partial charge in [-0.25, -0.2) is 13.2 Å². The average Bonchev–Trinajstić information content (AvgIpc) is 2.75. The first-order valence-electron chi connectivity index (χ1n) is 10.2. The first kappa shape index (κ1) is 21.2. The summed E-state index contributed by atoms with van der Waals surface area (Å²) < 4.78 is 32.9. The molecule has 0 radical (unpaired) electrons. The fourth-order valence-corrected chi connectivity index (χ4v) is 5.86. The van der Waals surface area contributed by atoms with Crippen molar-refractivity contribution in [1.29, 1.82) is 0 Å². The molecule has 0 aliphatic carbocycles. The highest BCUT2D eigenvalue weighted by molar-refractivity contribution is 7.89. The van der Waals surface area contributed by atoms with Gasteiger partial charge in [0.15, 0.2) is 0 Å². The number of aryl methyl sites for hydroxylation is 1. The third-order valence-corrected chi connectivity index (χ3v) is 8.05. The van der Waals surface area contributed by atoms with Crippen LogP contribution < -0.4 is 4.90 Å². The highest BCUT2D eigenvalue weighted by Gasteiger charge is 2.37. The number of amides is 1. The Morgan fingerprint density at radius 3 is 2.47 bits per heavy atom. The minimum Gasteiger partial charge on any atom is -0.444 e. The molecule has 1 amide bonds. The zero-order chi connectivity index (χ0) is 21.3. The van der Waals surface area contributed by atoms with Gasteiger partial charge in [-0.1, -0.05) is 43.1 Å². The molecule has 0 saturated carbocycles. The lowest BCUT2D eigenvalue weighted by atomic mass is 10.0. The van der Waals surface area contributed by atoms with Crippen LogP contribution in [0.1, 0.15) is 37.3 Å². The quantitative estimate of drug-likeness (QED) is 0.670. The monoisotopic (exact) mass is 448 g/mol. The number of benzene rings is 2. The van der Waals surface area contributed by atoms with Gasteiger partial charge in [0, 0.05) is 29.7 Å². The first-order chi connectivity index (χ1) is 14.4. The molecule has 1 saturated heterocycles. The van der Waals surface area contributed by atoms with Gasteiger partial charge in [0.25, 0.3) is 0 Å². The summed E-state index contributed by atoms with van der Waals surface area (Å²) in [6.45, 7) is 2.96. The van der Waals surface area contributed by atoms with E-state index >= 15 is 0 Å². The number of hydrogen-bond donors (Lipinski definition) is 0. The van der Waals surface area contributed by atoms with Gasteiger partial charge >= 0.3 is 6.09 Å². The molecule has 8 heteroatoms. The van der Waals surface area contributed by atoms with Crippen LogP contribution in [0.25, 0.3) is 0 Å². The third-order valence-electron chi connectivity index (χ3n) is 5.78. The number of fused-ring (bicyclic) bond motifs is 1. The van der Waals surface area contributed by atoms with Crippen molar-refractivity contribution < 1.29 is 17.9 Å². The van der Waals surface area contributed by atoms with E-state index in [9.17, 15) is 13.2 Å². The van der Waals surface area contributed by atoms with Crippen molar-refractivity contribution in [1.82, 2.24) is 4.31 Å². The second kappa shape index (κ2) is 8.57. The number of halogens is 1. The van der Waals surface area contributed by atoms with Gasteiger partial charge in [0.1, 0.15) is 6.61 Å². The van der Waals surface area contributed by atoms with Crippen LogP contribution >= 0.6 is 11.6 Å². The van der Waals surface area contributed by atoms with Crippen molar-refractivity contribution in [3.05, 3.63) is 58.6 Å². The second-order valence-corrected chi connectivity index (χ2v) is 10.0. The van der Waals surface area contributed by atoms with E-state index in [1.165, 1.54) is 4.31 Å². The van der Waals surface area contributed by atoms with E-state index in [4.69, 9.17) is 16.3 Å². The summed E-state index contributed by atoms with van der Waals surface area (Å²) in [7, 11) is -3.55. The van der Waals surface area contributed by atoms with Crippen LogP contribution in [0.5, 0.6) is 0 Å². The fourth-order valence-electron chi connectivity index (χ4n) is 4.17. The maximum Gasteiger partial charge on any atom is 0.414 e. The maximum atomic E-state index is 13.0. The summed E-state index contributed by atoms with van der Waals surface area (Å²) in [6.07, 6.45) is 2.62. The lowest BCUT2D eigenvalue weighted by molar-refractivity contribution is 0.136. The summed E-state index contributed by atoms with van der Waals surface area (Å²) in [5.74, 6) is 0. The number of rotatable bonds is 5. The summed E-state index contributed by atoms with van der Waals surface area (Å²) >= 11 is 6.27. The normalized spacial score (nSPS) is 18.2. The Bertz CT molecular complexity index is 1030. The number of ether oxygens (including phenoxy) is 1. The number of carbonyl (C=O) groups is 1. The van der Waals surface area contributed by atoms with Crippen LogP contribution in [0.15, 0.2) is 47.4 Å². The number of anilines is 1. The molecule has 2 aromatic carbocycles. The molecular weight excluding hydrogens is 424 g/mol. The Morgan fingerprint density at radius 1 is 1.10 bits per heavy atom. The molecule has 0 aromatic heterocycles. The van der Waals surface area contributed by atoms with Crippen molar-refractivity contribution in [2.75, 3.05) is 18.0 Å². The number of piperidine rings is 1. The molecule has 1 fully saturated rings. The topological polar surface area (TPSA) is 66.9 Å². The molecule has 2 heterocycles. The predicted molar refractivity (Wildman–Crippen MR) is 116 cm³/mol. The van der Waals surface area contributed by atoms with Crippen LogP contribution in [-0.2, 0) is 27.8 Å². The largest absolute Gasteiger partial charge is 0.444 e. The Balaban J connectivity index is 1.49. The Hall–Kier alpha value is -2.09. The number of sulfonamides is 1. The van der Waals surface area contributed by atoms with Crippen molar-refractivity contribution in [3.8, 4) is 0 Å². The lowest BCUT2D eigenvalue weighted by Gasteiger charge is -2.40. The molecule has 30 heavy (non-hydrogen) atoms. The van der Waals surface area contributed by atoms with E-state index in [1.54, 1.807) is 23.1 Å². The second-order valence-electron chi connectivity index (χ2n) is 7.69. The van der Waals surface area contributed by atoms with Crippen LogP contribution in [0.3, 0.4) is 0 Å². The fraction of sp³-hybridized carbons (Fsp3) is 0.409. The van der Waals surface area contributed by atoms with Gasteiger partial charge in [0.2, 0.25) is 10.0 Å². The molecule has 160 valence electrons. The standard InChI is InChI=1S/C22H25ClN2O4S/c1-2-4-16-7-9-18(10-8-16)30(27,28)24-13-11-17(12-14-24)25-21-6-3-5-20(23)19(21)15-29-22(25)26/h3,5-10,17H,2,4,11-15H2,1H3. The SMILES string of the molecule is CCCc1ccc(S(=O)(=O)N2CCC(N3C(=O)OCc4c(Cl)cccc43)CC2)cc1. The van der Waals surface area contributed by atoms with E-state index in [0.717, 1.165) is 29.7 Å². The summed E-state index contributed by atoms with van der Waals surface area (Å²) in [5, 5.41) is 0.566. The van der Waals surface area contributed by atoms with Crippen molar-refractivity contribution in [2.45, 2.75) is 50.2 Å². The van der Waals surface area contributed by atoms with E-state index in [-0.39, 0.29) is 12.6 Å². The zero-order valence-corrected chi connectivity index (χ0v) is 18.5. The molecule has 2 aliphatic rings. The Labute approximate surface area is 182 Å². The first-order valence-corrected chi connectivity index (χ1v) is 12.1. The maximum absolute atomic E-state index is 13.0. The van der Waals surface area contributed by atoms with Gasteiger partial charge in [-0.05, 0) is 49.1 Å². The summed E-state index contributed by atoms with van der Waals surface area (Å²) in [6, 6.07) is 12.5. The smallest absolute Gasteiger partial charge is 0.414 e. The Morgan fingerprint density at radius 2 is 1.80 bits per heavy atom. The number of hydrogen-bond acceptors (Lipinski definition) is 4. The van der Waals surface area contributed by atoms with E-state index in [0.29, 0.717) is 35.8 Å². The van der Waals surface area contributed by atoms with Crippen molar-refractivity contribution in [2.24, 2.45) is 0 Å². The molecule has 0 atom stereocenters. The van der Waals surface area contributed by atoms with Crippen LogP contribution in [0.4, 0.5) is 10.5 Å². The number of cyclic esters (lactones) is 1. The van der Waals surface area contributed by atoms with Crippen LogP contribution in [0, 0.1) is 0 Å². The van der Waals surface area contributed by atoms with Crippen molar-refractivity contribution >= 4 is 33.4 Å². The third kappa shape index (κ3) is 3.94. The molecule has 2 aromatic rings. The number of carbonyl (C=O) groups excluding carboxylic acids is 1. The van der Waals surface area contributed by atoms with Gasteiger partial charge in [-0.2, -0.15) is 4.31 Å². The van der Waals surface area contributed by atoms with Crippen molar-refractivity contribution in [3.63, 3.8) is 0 Å². The molecule has 6 nitrogen and oxygen atoms in total. The highest BCUT2D eigenvalue weighted by atomic mass is 35.5. The van der Waals surface area contributed by atoms with E-state index in [2.05, 4.69) is 6.92 Å². The molecule has 0 bridgehead atoms.